The highest BCUT2D eigenvalue weighted by molar-refractivity contribution is 5.19. The zero-order chi connectivity index (χ0) is 13.6. The molecule has 4 fully saturated rings. The molecule has 0 radical (unpaired) electrons. The molecule has 0 aromatic carbocycles. The Morgan fingerprint density at radius 3 is 2.35 bits per heavy atom. The second kappa shape index (κ2) is 4.72. The molecule has 1 aromatic heterocycles. The SMILES string of the molecule is CNCc1nnc(NCC23CC4CC(CC(C4)C2)C3)o1. The van der Waals surface area contributed by atoms with Crippen molar-refractivity contribution in [2.75, 3.05) is 18.9 Å². The zero-order valence-electron chi connectivity index (χ0n) is 12.2. The molecule has 1 aromatic rings. The summed E-state index contributed by atoms with van der Waals surface area (Å²) in [7, 11) is 1.88. The summed E-state index contributed by atoms with van der Waals surface area (Å²) in [5.74, 6) is 3.63. The third-order valence-electron chi connectivity index (χ3n) is 5.57. The Hall–Kier alpha value is -1.10. The van der Waals surface area contributed by atoms with Crippen molar-refractivity contribution in [3.05, 3.63) is 5.89 Å². The quantitative estimate of drug-likeness (QED) is 0.864. The van der Waals surface area contributed by atoms with E-state index >= 15 is 0 Å². The minimum absolute atomic E-state index is 0.506. The lowest BCUT2D eigenvalue weighted by atomic mass is 9.49. The maximum atomic E-state index is 5.59. The highest BCUT2D eigenvalue weighted by atomic mass is 16.4. The Morgan fingerprint density at radius 1 is 1.10 bits per heavy atom. The molecule has 2 N–H and O–H groups in total. The van der Waals surface area contributed by atoms with Crippen molar-refractivity contribution in [1.29, 1.82) is 0 Å². The first-order valence-corrected chi connectivity index (χ1v) is 7.95. The van der Waals surface area contributed by atoms with Gasteiger partial charge in [0, 0.05) is 6.54 Å². The van der Waals surface area contributed by atoms with Crippen LogP contribution in [0.5, 0.6) is 0 Å². The number of rotatable bonds is 5. The van der Waals surface area contributed by atoms with Crippen LogP contribution in [-0.2, 0) is 6.54 Å². The second-order valence-corrected chi connectivity index (χ2v) is 7.30. The zero-order valence-corrected chi connectivity index (χ0v) is 12.2. The van der Waals surface area contributed by atoms with Crippen LogP contribution in [0.15, 0.2) is 4.42 Å². The molecule has 20 heavy (non-hydrogen) atoms. The molecule has 0 aliphatic heterocycles. The van der Waals surface area contributed by atoms with Gasteiger partial charge in [0.05, 0.1) is 6.54 Å². The second-order valence-electron chi connectivity index (χ2n) is 7.30. The molecule has 5 nitrogen and oxygen atoms in total. The van der Waals surface area contributed by atoms with E-state index in [2.05, 4.69) is 20.8 Å². The summed E-state index contributed by atoms with van der Waals surface area (Å²) in [5, 5.41) is 14.5. The van der Waals surface area contributed by atoms with Crippen LogP contribution in [0.2, 0.25) is 0 Å². The molecule has 0 amide bonds. The summed E-state index contributed by atoms with van der Waals surface area (Å²) in [6, 6.07) is 0.589. The molecule has 0 atom stereocenters. The van der Waals surface area contributed by atoms with E-state index in [4.69, 9.17) is 4.42 Å². The van der Waals surface area contributed by atoms with E-state index in [0.717, 1.165) is 24.3 Å². The predicted molar refractivity (Wildman–Crippen MR) is 76.2 cm³/mol. The monoisotopic (exact) mass is 276 g/mol. The van der Waals surface area contributed by atoms with Gasteiger partial charge in [-0.15, -0.1) is 5.10 Å². The van der Waals surface area contributed by atoms with Crippen molar-refractivity contribution >= 4 is 6.01 Å². The molecule has 4 aliphatic carbocycles. The predicted octanol–water partition coefficient (Wildman–Crippen LogP) is 2.42. The maximum absolute atomic E-state index is 5.59. The van der Waals surface area contributed by atoms with Crippen molar-refractivity contribution < 1.29 is 4.42 Å². The van der Waals surface area contributed by atoms with Gasteiger partial charge in [0.15, 0.2) is 0 Å². The van der Waals surface area contributed by atoms with Crippen LogP contribution in [0.4, 0.5) is 6.01 Å². The lowest BCUT2D eigenvalue weighted by Gasteiger charge is -2.56. The summed E-state index contributed by atoms with van der Waals surface area (Å²) in [6.07, 6.45) is 8.70. The van der Waals surface area contributed by atoms with Gasteiger partial charge in [-0.25, -0.2) is 0 Å². The van der Waals surface area contributed by atoms with Crippen molar-refractivity contribution in [2.45, 2.75) is 45.1 Å². The molecule has 4 saturated carbocycles. The fourth-order valence-electron chi connectivity index (χ4n) is 5.32. The summed E-state index contributed by atoms with van der Waals surface area (Å²) >= 11 is 0. The number of hydrogen-bond donors (Lipinski definition) is 2. The highest BCUT2D eigenvalue weighted by Crippen LogP contribution is 2.59. The normalized spacial score (nSPS) is 38.4. The molecule has 0 saturated heterocycles. The highest BCUT2D eigenvalue weighted by Gasteiger charge is 2.50. The van der Waals surface area contributed by atoms with Crippen molar-refractivity contribution in [3.63, 3.8) is 0 Å². The van der Waals surface area contributed by atoms with Gasteiger partial charge in [-0.05, 0) is 68.7 Å². The Labute approximate surface area is 119 Å². The first kappa shape index (κ1) is 12.6. The molecule has 1 heterocycles. The molecule has 110 valence electrons. The Balaban J connectivity index is 1.41. The molecule has 4 aliphatic rings. The van der Waals surface area contributed by atoms with E-state index in [-0.39, 0.29) is 0 Å². The summed E-state index contributed by atoms with van der Waals surface area (Å²) in [4.78, 5) is 0. The summed E-state index contributed by atoms with van der Waals surface area (Å²) < 4.78 is 5.59. The summed E-state index contributed by atoms with van der Waals surface area (Å²) in [6.45, 7) is 1.64. The van der Waals surface area contributed by atoms with Crippen LogP contribution >= 0.6 is 0 Å². The van der Waals surface area contributed by atoms with Crippen molar-refractivity contribution in [1.82, 2.24) is 15.5 Å². The van der Waals surface area contributed by atoms with Gasteiger partial charge in [-0.2, -0.15) is 0 Å². The smallest absolute Gasteiger partial charge is 0.315 e. The summed E-state index contributed by atoms with van der Waals surface area (Å²) in [5.41, 5.74) is 0.506. The average molecular weight is 276 g/mol. The van der Waals surface area contributed by atoms with Gasteiger partial charge in [-0.1, -0.05) is 5.10 Å². The van der Waals surface area contributed by atoms with Crippen LogP contribution in [0.1, 0.15) is 44.4 Å². The van der Waals surface area contributed by atoms with E-state index in [1.54, 1.807) is 0 Å². The van der Waals surface area contributed by atoms with E-state index in [9.17, 15) is 0 Å². The van der Waals surface area contributed by atoms with Crippen LogP contribution in [-0.4, -0.2) is 23.8 Å². The molecule has 5 rings (SSSR count). The minimum Gasteiger partial charge on any atom is -0.407 e. The van der Waals surface area contributed by atoms with Crippen molar-refractivity contribution in [3.8, 4) is 0 Å². The molecule has 0 unspecified atom stereocenters. The minimum atomic E-state index is 0.506. The Kier molecular flexibility index (Phi) is 2.98. The molecular formula is C15H24N4O. The maximum Gasteiger partial charge on any atom is 0.315 e. The third-order valence-corrected chi connectivity index (χ3v) is 5.57. The van der Waals surface area contributed by atoms with E-state index < -0.39 is 0 Å². The van der Waals surface area contributed by atoms with Gasteiger partial charge < -0.3 is 15.1 Å². The van der Waals surface area contributed by atoms with Gasteiger partial charge >= 0.3 is 6.01 Å². The molecule has 4 bridgehead atoms. The van der Waals surface area contributed by atoms with E-state index in [0.29, 0.717) is 23.9 Å². The Morgan fingerprint density at radius 2 is 1.75 bits per heavy atom. The number of nitrogens with one attached hydrogen (secondary N) is 2. The van der Waals surface area contributed by atoms with Gasteiger partial charge in [0.1, 0.15) is 0 Å². The van der Waals surface area contributed by atoms with Gasteiger partial charge in [0.2, 0.25) is 5.89 Å². The fraction of sp³-hybridized carbons (Fsp3) is 0.867. The first-order valence-electron chi connectivity index (χ1n) is 7.95. The first-order chi connectivity index (χ1) is 9.75. The average Bonchev–Trinajstić information content (AvgIpc) is 2.83. The van der Waals surface area contributed by atoms with E-state index in [1.165, 1.54) is 38.5 Å². The lowest BCUT2D eigenvalue weighted by Crippen LogP contribution is -2.49. The largest absolute Gasteiger partial charge is 0.407 e. The number of anilines is 1. The standard InChI is InChI=1S/C15H24N4O/c1-16-8-13-18-19-14(20-13)17-9-15-5-10-2-11(6-15)4-12(3-10)7-15/h10-12,16H,2-9H2,1H3,(H,17,19). The van der Waals surface area contributed by atoms with Crippen LogP contribution < -0.4 is 10.6 Å². The molecule has 0 spiro atoms. The fourth-order valence-corrected chi connectivity index (χ4v) is 5.32. The number of nitrogens with zero attached hydrogens (tertiary/aromatic N) is 2. The van der Waals surface area contributed by atoms with Crippen LogP contribution in [0.25, 0.3) is 0 Å². The van der Waals surface area contributed by atoms with Crippen LogP contribution in [0.3, 0.4) is 0 Å². The number of aromatic nitrogens is 2. The van der Waals surface area contributed by atoms with Crippen molar-refractivity contribution in [2.24, 2.45) is 23.2 Å². The number of hydrogen-bond acceptors (Lipinski definition) is 5. The molecule has 5 heteroatoms. The van der Waals surface area contributed by atoms with E-state index in [1.807, 2.05) is 7.05 Å². The van der Waals surface area contributed by atoms with Gasteiger partial charge in [-0.3, -0.25) is 0 Å². The molecular weight excluding hydrogens is 252 g/mol. The topological polar surface area (TPSA) is 63.0 Å². The Bertz CT molecular complexity index is 449. The van der Waals surface area contributed by atoms with Crippen LogP contribution in [0, 0.1) is 23.2 Å². The lowest BCUT2D eigenvalue weighted by molar-refractivity contribution is -0.0446. The third kappa shape index (κ3) is 2.22. The van der Waals surface area contributed by atoms with Gasteiger partial charge in [0.25, 0.3) is 0 Å².